The van der Waals surface area contributed by atoms with E-state index >= 15 is 0 Å². The average molecular weight is 570 g/mol. The number of benzene rings is 1. The Morgan fingerprint density at radius 2 is 1.94 bits per heavy atom. The molecule has 1 heterocycles. The number of ether oxygens (including phenoxy) is 1. The van der Waals surface area contributed by atoms with Gasteiger partial charge in [0.25, 0.3) is 0 Å². The Kier molecular flexibility index (Phi) is 11.6. The van der Waals surface area contributed by atoms with Gasteiger partial charge in [0.05, 0.1) is 18.2 Å². The third-order valence-electron chi connectivity index (χ3n) is 5.16. The van der Waals surface area contributed by atoms with E-state index in [1.165, 1.54) is 6.07 Å². The normalized spacial score (nSPS) is 15.4. The lowest BCUT2D eigenvalue weighted by Gasteiger charge is -2.34. The number of rotatable bonds is 7. The summed E-state index contributed by atoms with van der Waals surface area (Å²) in [6, 6.07) is 4.03. The highest BCUT2D eigenvalue weighted by Gasteiger charge is 2.34. The van der Waals surface area contributed by atoms with Crippen molar-refractivity contribution in [2.45, 2.75) is 58.9 Å². The Hall–Kier alpha value is -1.72. The highest BCUT2D eigenvalue weighted by atomic mass is 127. The van der Waals surface area contributed by atoms with Crippen molar-refractivity contribution in [2.24, 2.45) is 10.9 Å². The Morgan fingerprint density at radius 3 is 2.47 bits per heavy atom. The molecule has 1 aliphatic heterocycles. The van der Waals surface area contributed by atoms with Crippen LogP contribution in [-0.2, 0) is 17.5 Å². The monoisotopic (exact) mass is 570 g/mol. The molecular weight excluding hydrogens is 536 g/mol. The molecule has 1 aromatic carbocycles. The lowest BCUT2D eigenvalue weighted by molar-refractivity contribution is -0.138. The van der Waals surface area contributed by atoms with E-state index < -0.39 is 11.7 Å². The van der Waals surface area contributed by atoms with Crippen LogP contribution < -0.4 is 15.4 Å². The summed E-state index contributed by atoms with van der Waals surface area (Å²) < 4.78 is 46.2. The van der Waals surface area contributed by atoms with Gasteiger partial charge in [0, 0.05) is 33.1 Å². The number of amides is 1. The highest BCUT2D eigenvalue weighted by molar-refractivity contribution is 14.0. The van der Waals surface area contributed by atoms with Gasteiger partial charge in [-0.15, -0.1) is 24.0 Å². The predicted octanol–water partition coefficient (Wildman–Crippen LogP) is 4.42. The molecule has 2 rings (SSSR count). The van der Waals surface area contributed by atoms with Crippen molar-refractivity contribution < 1.29 is 22.7 Å². The van der Waals surface area contributed by atoms with Gasteiger partial charge >= 0.3 is 6.18 Å². The number of nitrogens with one attached hydrogen (secondary N) is 2. The van der Waals surface area contributed by atoms with E-state index in [-0.39, 0.29) is 53.8 Å². The first-order valence-electron chi connectivity index (χ1n) is 10.7. The van der Waals surface area contributed by atoms with Crippen LogP contribution >= 0.6 is 24.0 Å². The Bertz CT molecular complexity index is 764. The molecule has 10 heteroatoms. The largest absolute Gasteiger partial charge is 0.491 e. The molecule has 1 fully saturated rings. The van der Waals surface area contributed by atoms with E-state index in [0.29, 0.717) is 37.9 Å². The first kappa shape index (κ1) is 28.3. The number of carbonyl (C=O) groups is 1. The van der Waals surface area contributed by atoms with Crippen molar-refractivity contribution in [1.29, 1.82) is 0 Å². The van der Waals surface area contributed by atoms with Crippen LogP contribution in [0.4, 0.5) is 13.2 Å². The fourth-order valence-corrected chi connectivity index (χ4v) is 3.60. The smallest absolute Gasteiger partial charge is 0.416 e. The second kappa shape index (κ2) is 13.1. The van der Waals surface area contributed by atoms with E-state index in [9.17, 15) is 18.0 Å². The molecule has 0 unspecified atom stereocenters. The van der Waals surface area contributed by atoms with E-state index in [1.807, 2.05) is 11.8 Å². The lowest BCUT2D eigenvalue weighted by atomic mass is 9.93. The number of piperidine rings is 1. The first-order chi connectivity index (χ1) is 14.6. The van der Waals surface area contributed by atoms with Gasteiger partial charge in [-0.05, 0) is 57.2 Å². The number of alkyl halides is 3. The second-order valence-corrected chi connectivity index (χ2v) is 7.96. The van der Waals surface area contributed by atoms with Crippen LogP contribution in [0.5, 0.6) is 5.75 Å². The van der Waals surface area contributed by atoms with Gasteiger partial charge in [-0.3, -0.25) is 4.79 Å². The van der Waals surface area contributed by atoms with Crippen molar-refractivity contribution in [3.8, 4) is 5.75 Å². The van der Waals surface area contributed by atoms with Crippen LogP contribution in [0.15, 0.2) is 23.2 Å². The van der Waals surface area contributed by atoms with Crippen LogP contribution in [0.3, 0.4) is 0 Å². The highest BCUT2D eigenvalue weighted by Crippen LogP contribution is 2.35. The van der Waals surface area contributed by atoms with Crippen molar-refractivity contribution in [1.82, 2.24) is 15.5 Å². The molecule has 0 spiro atoms. The minimum atomic E-state index is -4.49. The third kappa shape index (κ3) is 8.67. The van der Waals surface area contributed by atoms with E-state index in [1.54, 1.807) is 27.0 Å². The minimum absolute atomic E-state index is 0. The van der Waals surface area contributed by atoms with Crippen LogP contribution in [0.2, 0.25) is 0 Å². The number of nitrogens with zero attached hydrogens (tertiary/aromatic N) is 2. The van der Waals surface area contributed by atoms with Crippen molar-refractivity contribution >= 4 is 35.8 Å². The minimum Gasteiger partial charge on any atom is -0.491 e. The summed E-state index contributed by atoms with van der Waals surface area (Å²) in [5.74, 6) is 1.13. The standard InChI is InChI=1S/C22H33F3N4O2.HI/c1-5-27-21(29-10-8-16(9-11-29)12-20(30)26-4)28-14-17-6-7-18(31-15(2)3)13-19(17)22(23,24)25;/h6-7,13,15-16H,5,8-12,14H2,1-4H3,(H,26,30)(H,27,28);1H. The maximum Gasteiger partial charge on any atom is 0.416 e. The van der Waals surface area contributed by atoms with Crippen molar-refractivity contribution in [3.05, 3.63) is 29.3 Å². The number of carbonyl (C=O) groups excluding carboxylic acids is 1. The Balaban J connectivity index is 0.00000512. The quantitative estimate of drug-likeness (QED) is 0.290. The Labute approximate surface area is 205 Å². The third-order valence-corrected chi connectivity index (χ3v) is 5.16. The van der Waals surface area contributed by atoms with Gasteiger partial charge in [-0.1, -0.05) is 6.07 Å². The fourth-order valence-electron chi connectivity index (χ4n) is 3.60. The maximum atomic E-state index is 13.6. The SMILES string of the molecule is CCNC(=NCc1ccc(OC(C)C)cc1C(F)(F)F)N1CCC(CC(=O)NC)CC1.I. The molecule has 2 N–H and O–H groups in total. The molecule has 1 amide bonds. The van der Waals surface area contributed by atoms with E-state index in [0.717, 1.165) is 18.9 Å². The average Bonchev–Trinajstić information content (AvgIpc) is 2.71. The van der Waals surface area contributed by atoms with Crippen LogP contribution in [-0.4, -0.2) is 49.6 Å². The molecule has 0 aromatic heterocycles. The van der Waals surface area contributed by atoms with Crippen molar-refractivity contribution in [2.75, 3.05) is 26.7 Å². The number of hydrogen-bond acceptors (Lipinski definition) is 3. The summed E-state index contributed by atoms with van der Waals surface area (Å²) in [6.45, 7) is 7.41. The molecule has 6 nitrogen and oxygen atoms in total. The fraction of sp³-hybridized carbons (Fsp3) is 0.636. The molecule has 0 bridgehead atoms. The molecule has 182 valence electrons. The number of aliphatic imine (C=N–C) groups is 1. The summed E-state index contributed by atoms with van der Waals surface area (Å²) in [5, 5.41) is 5.82. The van der Waals surface area contributed by atoms with Gasteiger partial charge in [0.1, 0.15) is 5.75 Å². The summed E-state index contributed by atoms with van der Waals surface area (Å²) >= 11 is 0. The zero-order valence-electron chi connectivity index (χ0n) is 19.1. The number of hydrogen-bond donors (Lipinski definition) is 2. The molecular formula is C22H34F3IN4O2. The second-order valence-electron chi connectivity index (χ2n) is 7.96. The van der Waals surface area contributed by atoms with Crippen LogP contribution in [0, 0.1) is 5.92 Å². The molecule has 1 aliphatic rings. The molecule has 1 aromatic rings. The predicted molar refractivity (Wildman–Crippen MR) is 130 cm³/mol. The molecule has 0 saturated carbocycles. The maximum absolute atomic E-state index is 13.6. The van der Waals surface area contributed by atoms with Gasteiger partial charge in [-0.25, -0.2) is 4.99 Å². The molecule has 1 saturated heterocycles. The van der Waals surface area contributed by atoms with Gasteiger partial charge in [0.2, 0.25) is 5.91 Å². The topological polar surface area (TPSA) is 66.0 Å². The molecule has 0 atom stereocenters. The number of halogens is 4. The number of guanidine groups is 1. The Morgan fingerprint density at radius 1 is 1.28 bits per heavy atom. The number of likely N-dealkylation sites (tertiary alicyclic amines) is 1. The summed E-state index contributed by atoms with van der Waals surface area (Å²) in [4.78, 5) is 18.1. The summed E-state index contributed by atoms with van der Waals surface area (Å²) in [7, 11) is 1.63. The van der Waals surface area contributed by atoms with Gasteiger partial charge in [0.15, 0.2) is 5.96 Å². The van der Waals surface area contributed by atoms with E-state index in [4.69, 9.17) is 4.74 Å². The molecule has 32 heavy (non-hydrogen) atoms. The van der Waals surface area contributed by atoms with Crippen molar-refractivity contribution in [3.63, 3.8) is 0 Å². The zero-order chi connectivity index (χ0) is 23.0. The summed E-state index contributed by atoms with van der Waals surface area (Å²) in [5.41, 5.74) is -0.622. The van der Waals surface area contributed by atoms with Gasteiger partial charge in [-0.2, -0.15) is 13.2 Å². The van der Waals surface area contributed by atoms with Gasteiger partial charge < -0.3 is 20.3 Å². The zero-order valence-corrected chi connectivity index (χ0v) is 21.4. The molecule has 0 radical (unpaired) electrons. The van der Waals surface area contributed by atoms with E-state index in [2.05, 4.69) is 15.6 Å². The lowest BCUT2D eigenvalue weighted by Crippen LogP contribution is -2.46. The summed E-state index contributed by atoms with van der Waals surface area (Å²) in [6.07, 6.45) is -2.52. The first-order valence-corrected chi connectivity index (χ1v) is 10.7. The molecule has 0 aliphatic carbocycles. The van der Waals surface area contributed by atoms with Crippen LogP contribution in [0.25, 0.3) is 0 Å². The van der Waals surface area contributed by atoms with Crippen LogP contribution in [0.1, 0.15) is 51.2 Å².